The Morgan fingerprint density at radius 2 is 1.31 bits per heavy atom. The van der Waals surface area contributed by atoms with E-state index in [-0.39, 0.29) is 68.5 Å². The number of para-hydroxylation sites is 1. The lowest BCUT2D eigenvalue weighted by Gasteiger charge is -2.44. The number of carbonyl (C=O) groups is 5. The molecule has 0 unspecified atom stereocenters. The van der Waals surface area contributed by atoms with Crippen molar-refractivity contribution in [2.45, 2.75) is 106 Å². The number of rotatable bonds is 25. The minimum absolute atomic E-state index is 0.0309. The van der Waals surface area contributed by atoms with Gasteiger partial charge in [-0.2, -0.15) is 26.3 Å². The summed E-state index contributed by atoms with van der Waals surface area (Å²) in [5, 5.41) is 6.36. The minimum Gasteiger partial charge on any atom is -0.446 e. The third kappa shape index (κ3) is 17.6. The van der Waals surface area contributed by atoms with E-state index in [1.165, 1.54) is 29.2 Å². The third-order valence-electron chi connectivity index (χ3n) is 19.3. The minimum atomic E-state index is -5.15. The summed E-state index contributed by atoms with van der Waals surface area (Å²) in [6.45, 7) is 4.57. The molecule has 96 heavy (non-hydrogen) atoms. The van der Waals surface area contributed by atoms with Crippen LogP contribution in [0.25, 0.3) is 11.1 Å². The van der Waals surface area contributed by atoms with Gasteiger partial charge in [-0.3, -0.25) is 24.5 Å². The van der Waals surface area contributed by atoms with Gasteiger partial charge in [-0.15, -0.1) is 0 Å². The van der Waals surface area contributed by atoms with Crippen molar-refractivity contribution in [3.8, 4) is 11.1 Å². The second-order valence-electron chi connectivity index (χ2n) is 25.6. The number of benzene rings is 6. The number of amides is 5. The van der Waals surface area contributed by atoms with Crippen LogP contribution >= 0.6 is 0 Å². The number of anilines is 3. The average Bonchev–Trinajstić information content (AvgIpc) is 1.58. The normalized spacial score (nSPS) is 18.2. The molecule has 2 atom stereocenters. The van der Waals surface area contributed by atoms with E-state index in [9.17, 15) is 54.7 Å². The molecule has 2 N–H and O–H groups in total. The highest BCUT2D eigenvalue weighted by molar-refractivity contribution is 5.95. The van der Waals surface area contributed by atoms with Gasteiger partial charge in [-0.1, -0.05) is 91.3 Å². The van der Waals surface area contributed by atoms with E-state index in [0.29, 0.717) is 80.9 Å². The molecular weight excluding hydrogens is 1250 g/mol. The van der Waals surface area contributed by atoms with Gasteiger partial charge < -0.3 is 48.9 Å². The first kappa shape index (κ1) is 70.4. The van der Waals surface area contributed by atoms with E-state index in [1.54, 1.807) is 23.9 Å². The van der Waals surface area contributed by atoms with E-state index < -0.39 is 64.6 Å². The monoisotopic (exact) mass is 1330 g/mol. The highest BCUT2D eigenvalue weighted by Crippen LogP contribution is 2.49. The molecule has 3 fully saturated rings. The fraction of sp³-hybridized carbons (Fsp3) is 0.438. The number of alkyl halides is 6. The smallest absolute Gasteiger partial charge is 0.416 e. The van der Waals surface area contributed by atoms with Crippen LogP contribution in [0.1, 0.15) is 102 Å². The Kier molecular flexibility index (Phi) is 22.9. The Morgan fingerprint density at radius 3 is 2.01 bits per heavy atom. The Hall–Kier alpha value is -8.38. The summed E-state index contributed by atoms with van der Waals surface area (Å²) in [7, 11) is 5.19. The number of piperidine rings is 2. The quantitative estimate of drug-likeness (QED) is 0.0415. The maximum atomic E-state index is 14.2. The molecule has 3 heterocycles. The van der Waals surface area contributed by atoms with Crippen molar-refractivity contribution in [1.82, 2.24) is 24.5 Å². The summed E-state index contributed by atoms with van der Waals surface area (Å²) < 4.78 is 116. The molecule has 0 aromatic heterocycles. The molecule has 0 saturated carbocycles. The van der Waals surface area contributed by atoms with Crippen LogP contribution < -0.4 is 15.5 Å². The van der Waals surface area contributed by atoms with Crippen LogP contribution in [-0.4, -0.2) is 166 Å². The van der Waals surface area contributed by atoms with Crippen molar-refractivity contribution < 1.29 is 68.9 Å². The molecule has 1 spiro atoms. The van der Waals surface area contributed by atoms with Gasteiger partial charge in [-0.25, -0.2) is 9.18 Å². The molecule has 512 valence electrons. The van der Waals surface area contributed by atoms with Crippen molar-refractivity contribution in [3.05, 3.63) is 185 Å². The molecule has 16 nitrogen and oxygen atoms in total. The number of unbranched alkanes of at least 4 members (excludes halogenated alkanes) is 2. The summed E-state index contributed by atoms with van der Waals surface area (Å²) in [5.41, 5.74) is 1.28. The molecule has 5 amide bonds. The lowest BCUT2D eigenvalue weighted by molar-refractivity contribution is -0.143. The van der Waals surface area contributed by atoms with Gasteiger partial charge in [0.2, 0.25) is 17.7 Å². The molecule has 0 radical (unpaired) electrons. The molecule has 6 aromatic carbocycles. The molecule has 0 bridgehead atoms. The van der Waals surface area contributed by atoms with Gasteiger partial charge in [0.1, 0.15) is 30.9 Å². The number of likely N-dealkylation sites (tertiary alicyclic amines) is 2. The summed E-state index contributed by atoms with van der Waals surface area (Å²) in [4.78, 5) is 77.2. The topological polar surface area (TPSA) is 157 Å². The Bertz CT molecular complexity index is 3610. The summed E-state index contributed by atoms with van der Waals surface area (Å²) in [6, 6.07) is 39.4. The predicted octanol–water partition coefficient (Wildman–Crippen LogP) is 12.9. The molecule has 10 rings (SSSR count). The summed E-state index contributed by atoms with van der Waals surface area (Å²) in [6.07, 6.45) is -4.59. The van der Waals surface area contributed by atoms with E-state index in [2.05, 4.69) is 32.6 Å². The molecular formula is C73H83F7N8O8. The number of nitrogens with one attached hydrogen (secondary N) is 2. The first-order chi connectivity index (χ1) is 46.0. The highest BCUT2D eigenvalue weighted by Gasteiger charge is 2.50. The summed E-state index contributed by atoms with van der Waals surface area (Å²) in [5.74, 6) is -1.94. The molecule has 6 aromatic rings. The van der Waals surface area contributed by atoms with Crippen molar-refractivity contribution in [2.24, 2.45) is 0 Å². The molecule has 1 aliphatic carbocycles. The summed E-state index contributed by atoms with van der Waals surface area (Å²) >= 11 is 0. The third-order valence-corrected chi connectivity index (χ3v) is 19.3. The second-order valence-corrected chi connectivity index (χ2v) is 25.6. The number of ether oxygens (including phenoxy) is 3. The van der Waals surface area contributed by atoms with E-state index in [1.807, 2.05) is 98.0 Å². The molecule has 4 aliphatic rings. The van der Waals surface area contributed by atoms with Crippen LogP contribution in [0.3, 0.4) is 0 Å². The van der Waals surface area contributed by atoms with Gasteiger partial charge in [0.05, 0.1) is 29.5 Å². The Morgan fingerprint density at radius 1 is 0.667 bits per heavy atom. The number of hydrogen-bond donors (Lipinski definition) is 2. The van der Waals surface area contributed by atoms with Crippen LogP contribution in [-0.2, 0) is 58.4 Å². The number of nitrogens with zero attached hydrogens (tertiary/aromatic N) is 6. The van der Waals surface area contributed by atoms with Gasteiger partial charge in [0.15, 0.2) is 0 Å². The van der Waals surface area contributed by atoms with Crippen molar-refractivity contribution in [1.29, 1.82) is 0 Å². The van der Waals surface area contributed by atoms with E-state index >= 15 is 0 Å². The zero-order chi connectivity index (χ0) is 68.2. The number of hydrogen-bond acceptors (Lipinski definition) is 11. The first-order valence-corrected chi connectivity index (χ1v) is 32.8. The van der Waals surface area contributed by atoms with Crippen LogP contribution in [0.15, 0.2) is 146 Å². The maximum Gasteiger partial charge on any atom is 0.416 e. The van der Waals surface area contributed by atoms with Crippen molar-refractivity contribution in [2.75, 3.05) is 115 Å². The number of halogens is 7. The number of likely N-dealkylation sites (N-methyl/N-ethyl adjacent to an activating group) is 2. The van der Waals surface area contributed by atoms with Gasteiger partial charge in [0, 0.05) is 108 Å². The van der Waals surface area contributed by atoms with Crippen molar-refractivity contribution in [3.63, 3.8) is 0 Å². The second kappa shape index (κ2) is 31.2. The van der Waals surface area contributed by atoms with Crippen LogP contribution in [0.2, 0.25) is 0 Å². The van der Waals surface area contributed by atoms with Gasteiger partial charge in [0.25, 0.3) is 5.91 Å². The lowest BCUT2D eigenvalue weighted by Crippen LogP contribution is -2.50. The van der Waals surface area contributed by atoms with Crippen LogP contribution in [0, 0.1) is 5.82 Å². The molecule has 23 heteroatoms. The van der Waals surface area contributed by atoms with E-state index in [4.69, 9.17) is 14.2 Å². The van der Waals surface area contributed by atoms with Gasteiger partial charge in [-0.05, 0) is 147 Å². The van der Waals surface area contributed by atoms with E-state index in [0.717, 1.165) is 91.1 Å². The predicted molar refractivity (Wildman–Crippen MR) is 352 cm³/mol. The lowest BCUT2D eigenvalue weighted by atomic mass is 9.72. The average molecular weight is 1330 g/mol. The van der Waals surface area contributed by atoms with Crippen LogP contribution in [0.5, 0.6) is 0 Å². The standard InChI is InChI=1S/C73H83F7N8O8/c1-83(36-31-66(90)85(3)59-27-25-58(26-28-59)81-35-13-5-8-20-65(89)84(2)42-43-86-37-29-60(30-38-86)96-69(93)82-63-19-12-10-17-61(63)51-14-6-4-7-15-51)67(91)48-94-64-46-52-16-9-11-18-62(52)70(64)32-39-87(40-33-70)41-34-71(54-21-23-57(74)24-22-54)49-88(50-95-71)68(92)53-44-55(72(75,76)77)47-56(45-53)73(78,79)80/h4,6-7,9-12,14-19,21-28,44-45,47,60,64,81H,5,8,13,20,29-43,46,48-50H2,1-3H3,(H,82,93)/t64-,71-/m0/s1. The fourth-order valence-corrected chi connectivity index (χ4v) is 13.5. The zero-order valence-corrected chi connectivity index (χ0v) is 54.4. The molecule has 3 saturated heterocycles. The molecule has 3 aliphatic heterocycles. The fourth-order valence-electron chi connectivity index (χ4n) is 13.5. The largest absolute Gasteiger partial charge is 0.446 e. The zero-order valence-electron chi connectivity index (χ0n) is 54.4. The first-order valence-electron chi connectivity index (χ1n) is 32.8. The Labute approximate surface area is 555 Å². The SMILES string of the molecule is CN(CCN1CCC(OC(=O)Nc2ccccc2-c2ccccc2)CC1)C(=O)CCCCCNc1ccc(N(C)C(=O)CCN(C)C(=O)CO[C@H]2Cc3ccccc3C23CCN(CC[C@@]2(c4ccc(F)cc4)CN(C(=O)c4cc(C(F)(F)F)cc(C(F)(F)F)c4)CO2)CC3)cc1. The number of fused-ring (bicyclic) bond motifs is 2. The maximum absolute atomic E-state index is 14.2. The van der Waals surface area contributed by atoms with Crippen molar-refractivity contribution >= 4 is 46.8 Å². The van der Waals surface area contributed by atoms with Gasteiger partial charge >= 0.3 is 18.4 Å². The van der Waals surface area contributed by atoms with Crippen LogP contribution in [0.4, 0.5) is 52.6 Å². The highest BCUT2D eigenvalue weighted by atomic mass is 19.4. The number of carbonyl (C=O) groups excluding carboxylic acids is 5. The Balaban J connectivity index is 0.613.